The van der Waals surface area contributed by atoms with Crippen LogP contribution in [0.15, 0.2) is 35.0 Å². The van der Waals surface area contributed by atoms with Gasteiger partial charge in [-0.25, -0.2) is 4.39 Å². The van der Waals surface area contributed by atoms with E-state index in [0.29, 0.717) is 17.9 Å². The Balaban J connectivity index is 1.94. The summed E-state index contributed by atoms with van der Waals surface area (Å²) in [5, 5.41) is 13.2. The molecule has 1 N–H and O–H groups in total. The molecule has 0 atom stereocenters. The fourth-order valence-corrected chi connectivity index (χ4v) is 2.23. The van der Waals surface area contributed by atoms with Gasteiger partial charge in [-0.15, -0.1) is 0 Å². The van der Waals surface area contributed by atoms with E-state index >= 15 is 0 Å². The van der Waals surface area contributed by atoms with E-state index < -0.39 is 0 Å². The Kier molecular flexibility index (Phi) is 4.12. The lowest BCUT2D eigenvalue weighted by atomic mass is 10.2. The highest BCUT2D eigenvalue weighted by Gasteiger charge is 2.04. The molecule has 4 heteroatoms. The van der Waals surface area contributed by atoms with Gasteiger partial charge in [0, 0.05) is 12.0 Å². The topological polar surface area (TPSA) is 29.5 Å². The Labute approximate surface area is 103 Å². The number of ether oxygens (including phenoxy) is 1. The molecular formula is C13H13FO2S. The van der Waals surface area contributed by atoms with Crippen molar-refractivity contribution in [3.05, 3.63) is 52.0 Å². The van der Waals surface area contributed by atoms with Crippen LogP contribution in [0.4, 0.5) is 4.39 Å². The van der Waals surface area contributed by atoms with Crippen LogP contribution in [0.25, 0.3) is 0 Å². The van der Waals surface area contributed by atoms with Crippen molar-refractivity contribution in [1.82, 2.24) is 0 Å². The number of thiophene rings is 1. The Morgan fingerprint density at radius 2 is 2.18 bits per heavy atom. The zero-order valence-electron chi connectivity index (χ0n) is 9.23. The lowest BCUT2D eigenvalue weighted by Gasteiger charge is -2.09. The molecule has 0 spiro atoms. The standard InChI is InChI=1S/C13H13FO2S/c14-12-1-2-13(11(7-12)8-15)16-5-3-10-4-6-17-9-10/h1-2,4,6-7,9,15H,3,5,8H2. The van der Waals surface area contributed by atoms with Crippen LogP contribution >= 0.6 is 11.3 Å². The molecule has 0 radical (unpaired) electrons. The van der Waals surface area contributed by atoms with Gasteiger partial charge in [0.2, 0.25) is 0 Å². The molecule has 0 fully saturated rings. The molecule has 0 aliphatic carbocycles. The van der Waals surface area contributed by atoms with E-state index in [-0.39, 0.29) is 12.4 Å². The first-order valence-corrected chi connectivity index (χ1v) is 6.27. The molecule has 1 aromatic carbocycles. The Morgan fingerprint density at radius 1 is 1.29 bits per heavy atom. The summed E-state index contributed by atoms with van der Waals surface area (Å²) in [6, 6.07) is 6.22. The Bertz CT molecular complexity index is 468. The summed E-state index contributed by atoms with van der Waals surface area (Å²) in [5.41, 5.74) is 1.71. The molecule has 0 aliphatic heterocycles. The smallest absolute Gasteiger partial charge is 0.125 e. The molecule has 2 nitrogen and oxygen atoms in total. The molecule has 0 saturated carbocycles. The minimum absolute atomic E-state index is 0.217. The molecule has 2 aromatic rings. The van der Waals surface area contributed by atoms with Crippen LogP contribution in [-0.4, -0.2) is 11.7 Å². The largest absolute Gasteiger partial charge is 0.493 e. The summed E-state index contributed by atoms with van der Waals surface area (Å²) in [5.74, 6) is 0.184. The van der Waals surface area contributed by atoms with Crippen molar-refractivity contribution in [2.75, 3.05) is 6.61 Å². The Hall–Kier alpha value is -1.39. The molecule has 1 aromatic heterocycles. The SMILES string of the molecule is OCc1cc(F)ccc1OCCc1ccsc1. The third-order valence-electron chi connectivity index (χ3n) is 2.42. The highest BCUT2D eigenvalue weighted by Crippen LogP contribution is 2.20. The van der Waals surface area contributed by atoms with Crippen molar-refractivity contribution in [2.45, 2.75) is 13.0 Å². The van der Waals surface area contributed by atoms with Crippen molar-refractivity contribution >= 4 is 11.3 Å². The number of aliphatic hydroxyl groups is 1. The molecule has 0 saturated heterocycles. The minimum atomic E-state index is -0.362. The van der Waals surface area contributed by atoms with Gasteiger partial charge >= 0.3 is 0 Å². The van der Waals surface area contributed by atoms with Crippen LogP contribution in [0.2, 0.25) is 0 Å². The van der Waals surface area contributed by atoms with Crippen molar-refractivity contribution in [3.63, 3.8) is 0 Å². The average Bonchev–Trinajstić information content (AvgIpc) is 2.84. The maximum atomic E-state index is 12.9. The van der Waals surface area contributed by atoms with Gasteiger partial charge in [0.05, 0.1) is 13.2 Å². The van der Waals surface area contributed by atoms with E-state index in [1.54, 1.807) is 17.4 Å². The summed E-state index contributed by atoms with van der Waals surface area (Å²) < 4.78 is 18.4. The van der Waals surface area contributed by atoms with Crippen molar-refractivity contribution < 1.29 is 14.2 Å². The predicted molar refractivity (Wildman–Crippen MR) is 65.8 cm³/mol. The van der Waals surface area contributed by atoms with Crippen LogP contribution in [0, 0.1) is 5.82 Å². The van der Waals surface area contributed by atoms with E-state index in [1.807, 2.05) is 11.4 Å². The minimum Gasteiger partial charge on any atom is -0.493 e. The third kappa shape index (κ3) is 3.28. The summed E-state index contributed by atoms with van der Waals surface area (Å²) in [7, 11) is 0. The highest BCUT2D eigenvalue weighted by molar-refractivity contribution is 7.07. The number of aliphatic hydroxyl groups excluding tert-OH is 1. The lowest BCUT2D eigenvalue weighted by Crippen LogP contribution is -2.03. The quantitative estimate of drug-likeness (QED) is 0.886. The zero-order chi connectivity index (χ0) is 12.1. The fraction of sp³-hybridized carbons (Fsp3) is 0.231. The molecule has 90 valence electrons. The van der Waals surface area contributed by atoms with Gasteiger partial charge < -0.3 is 9.84 Å². The van der Waals surface area contributed by atoms with Crippen LogP contribution in [0.1, 0.15) is 11.1 Å². The molecule has 1 heterocycles. The highest BCUT2D eigenvalue weighted by atomic mass is 32.1. The molecule has 0 amide bonds. The van der Waals surface area contributed by atoms with Crippen molar-refractivity contribution in [2.24, 2.45) is 0 Å². The monoisotopic (exact) mass is 252 g/mol. The van der Waals surface area contributed by atoms with Gasteiger partial charge in [0.25, 0.3) is 0 Å². The second kappa shape index (κ2) is 5.80. The van der Waals surface area contributed by atoms with E-state index in [1.165, 1.54) is 17.7 Å². The first kappa shape index (κ1) is 12.1. The lowest BCUT2D eigenvalue weighted by molar-refractivity contribution is 0.263. The normalized spacial score (nSPS) is 10.5. The number of hydrogen-bond donors (Lipinski definition) is 1. The molecular weight excluding hydrogens is 239 g/mol. The van der Waals surface area contributed by atoms with Crippen LogP contribution in [-0.2, 0) is 13.0 Å². The summed E-state index contributed by atoms with van der Waals surface area (Å²) in [6.07, 6.45) is 0.811. The zero-order valence-corrected chi connectivity index (χ0v) is 10.0. The third-order valence-corrected chi connectivity index (χ3v) is 3.15. The number of halogens is 1. The predicted octanol–water partition coefficient (Wildman–Crippen LogP) is 3.00. The molecule has 0 bridgehead atoms. The van der Waals surface area contributed by atoms with Gasteiger partial charge in [0.15, 0.2) is 0 Å². The van der Waals surface area contributed by atoms with Gasteiger partial charge in [-0.3, -0.25) is 0 Å². The van der Waals surface area contributed by atoms with E-state index in [2.05, 4.69) is 5.38 Å². The molecule has 0 unspecified atom stereocenters. The van der Waals surface area contributed by atoms with E-state index in [4.69, 9.17) is 9.84 Å². The first-order chi connectivity index (χ1) is 8.29. The number of hydrogen-bond acceptors (Lipinski definition) is 3. The second-order valence-corrected chi connectivity index (χ2v) is 4.42. The summed E-state index contributed by atoms with van der Waals surface area (Å²) in [4.78, 5) is 0. The molecule has 17 heavy (non-hydrogen) atoms. The summed E-state index contributed by atoms with van der Waals surface area (Å²) >= 11 is 1.65. The molecule has 2 rings (SSSR count). The van der Waals surface area contributed by atoms with Gasteiger partial charge in [-0.05, 0) is 40.6 Å². The number of benzene rings is 1. The van der Waals surface area contributed by atoms with E-state index in [0.717, 1.165) is 6.42 Å². The van der Waals surface area contributed by atoms with Gasteiger partial charge in [-0.1, -0.05) is 0 Å². The van der Waals surface area contributed by atoms with Gasteiger partial charge in [-0.2, -0.15) is 11.3 Å². The maximum Gasteiger partial charge on any atom is 0.125 e. The van der Waals surface area contributed by atoms with Crippen molar-refractivity contribution in [1.29, 1.82) is 0 Å². The maximum absolute atomic E-state index is 12.9. The first-order valence-electron chi connectivity index (χ1n) is 5.33. The fourth-order valence-electron chi connectivity index (χ4n) is 1.53. The van der Waals surface area contributed by atoms with Gasteiger partial charge in [0.1, 0.15) is 11.6 Å². The molecule has 0 aliphatic rings. The Morgan fingerprint density at radius 3 is 2.88 bits per heavy atom. The van der Waals surface area contributed by atoms with Crippen LogP contribution in [0.3, 0.4) is 0 Å². The van der Waals surface area contributed by atoms with Crippen LogP contribution in [0.5, 0.6) is 5.75 Å². The summed E-state index contributed by atoms with van der Waals surface area (Å²) in [6.45, 7) is 0.306. The van der Waals surface area contributed by atoms with Crippen LogP contribution < -0.4 is 4.74 Å². The average molecular weight is 252 g/mol. The van der Waals surface area contributed by atoms with Crippen molar-refractivity contribution in [3.8, 4) is 5.75 Å². The number of rotatable bonds is 5. The van der Waals surface area contributed by atoms with E-state index in [9.17, 15) is 4.39 Å². The second-order valence-electron chi connectivity index (χ2n) is 3.64.